The first kappa shape index (κ1) is 13.2. The molecule has 1 heterocycles. The highest BCUT2D eigenvalue weighted by Gasteiger charge is 2.06. The summed E-state index contributed by atoms with van der Waals surface area (Å²) in [6.45, 7) is 2.01. The third kappa shape index (κ3) is 3.05. The number of rotatable bonds is 4. The fourth-order valence-electron chi connectivity index (χ4n) is 2.22. The summed E-state index contributed by atoms with van der Waals surface area (Å²) in [6, 6.07) is 15.8. The van der Waals surface area contributed by atoms with Crippen molar-refractivity contribution < 1.29 is 9.53 Å². The van der Waals surface area contributed by atoms with Gasteiger partial charge in [0.2, 0.25) is 5.91 Å². The molecule has 2 aromatic carbocycles. The van der Waals surface area contributed by atoms with E-state index in [1.54, 1.807) is 6.20 Å². The Morgan fingerprint density at radius 3 is 2.76 bits per heavy atom. The van der Waals surface area contributed by atoms with Crippen LogP contribution in [0.15, 0.2) is 54.7 Å². The molecule has 2 N–H and O–H groups in total. The van der Waals surface area contributed by atoms with Crippen molar-refractivity contribution >= 4 is 22.5 Å². The molecule has 3 aromatic rings. The number of amides is 1. The summed E-state index contributed by atoms with van der Waals surface area (Å²) < 4.78 is 5.80. The van der Waals surface area contributed by atoms with Gasteiger partial charge >= 0.3 is 0 Å². The van der Waals surface area contributed by atoms with Gasteiger partial charge in [0.15, 0.2) is 0 Å². The molecule has 0 spiro atoms. The molecule has 0 unspecified atom stereocenters. The monoisotopic (exact) mass is 280 g/mol. The Morgan fingerprint density at radius 1 is 1.19 bits per heavy atom. The summed E-state index contributed by atoms with van der Waals surface area (Å²) in [5, 5.41) is 3.74. The van der Waals surface area contributed by atoms with Gasteiger partial charge in [0.05, 0.1) is 5.69 Å². The molecule has 1 aromatic heterocycles. The maximum Gasteiger partial charge on any atom is 0.221 e. The Balaban J connectivity index is 1.81. The molecule has 4 nitrogen and oxygen atoms in total. The lowest BCUT2D eigenvalue weighted by atomic mass is 10.2. The molecule has 0 atom stereocenters. The van der Waals surface area contributed by atoms with Crippen LogP contribution in [0.3, 0.4) is 0 Å². The van der Waals surface area contributed by atoms with Crippen LogP contribution in [0.25, 0.3) is 10.9 Å². The Morgan fingerprint density at radius 2 is 2.00 bits per heavy atom. The average Bonchev–Trinajstić information content (AvgIpc) is 2.88. The second-order valence-corrected chi connectivity index (χ2v) is 4.87. The Labute approximate surface area is 122 Å². The number of ether oxygens (including phenoxy) is 1. The molecule has 21 heavy (non-hydrogen) atoms. The smallest absolute Gasteiger partial charge is 0.221 e. The van der Waals surface area contributed by atoms with Gasteiger partial charge in [0, 0.05) is 24.0 Å². The molecule has 0 radical (unpaired) electrons. The molecule has 0 fully saturated rings. The highest BCUT2D eigenvalue weighted by atomic mass is 16.5. The number of H-pyrrole nitrogens is 1. The number of fused-ring (bicyclic) bond motifs is 1. The van der Waals surface area contributed by atoms with Crippen LogP contribution in [-0.2, 0) is 11.4 Å². The zero-order valence-electron chi connectivity index (χ0n) is 11.7. The maximum atomic E-state index is 11.2. The van der Waals surface area contributed by atoms with Gasteiger partial charge in [0.1, 0.15) is 12.4 Å². The zero-order valence-corrected chi connectivity index (χ0v) is 11.7. The minimum Gasteiger partial charge on any atom is -0.489 e. The minimum atomic E-state index is -0.0912. The average molecular weight is 280 g/mol. The largest absolute Gasteiger partial charge is 0.489 e. The van der Waals surface area contributed by atoms with Crippen LogP contribution in [0.2, 0.25) is 0 Å². The quantitative estimate of drug-likeness (QED) is 0.765. The summed E-state index contributed by atoms with van der Waals surface area (Å²) in [5.74, 6) is 0.684. The van der Waals surface area contributed by atoms with Crippen LogP contribution in [0.5, 0.6) is 5.75 Å². The molecule has 1 amide bonds. The first-order chi connectivity index (χ1) is 10.2. The van der Waals surface area contributed by atoms with E-state index in [1.165, 1.54) is 6.92 Å². The predicted molar refractivity (Wildman–Crippen MR) is 83.4 cm³/mol. The van der Waals surface area contributed by atoms with Crippen LogP contribution in [0.4, 0.5) is 5.69 Å². The number of hydrogen-bond acceptors (Lipinski definition) is 2. The number of aromatic nitrogens is 1. The summed E-state index contributed by atoms with van der Waals surface area (Å²) in [7, 11) is 0. The van der Waals surface area contributed by atoms with Crippen LogP contribution in [0, 0.1) is 0 Å². The van der Waals surface area contributed by atoms with Crippen molar-refractivity contribution in [3.8, 4) is 5.75 Å². The summed E-state index contributed by atoms with van der Waals surface area (Å²) in [6.07, 6.45) is 1.78. The molecule has 0 saturated heterocycles. The van der Waals surface area contributed by atoms with Gasteiger partial charge in [0.25, 0.3) is 0 Å². The molecule has 0 aliphatic carbocycles. The van der Waals surface area contributed by atoms with Crippen molar-refractivity contribution in [1.82, 2.24) is 4.98 Å². The molecule has 0 bridgehead atoms. The SMILES string of the molecule is CC(=O)Nc1c[nH]c2ccc(OCc3ccccc3)cc12. The van der Waals surface area contributed by atoms with E-state index >= 15 is 0 Å². The number of hydrogen-bond donors (Lipinski definition) is 2. The number of carbonyl (C=O) groups is 1. The van der Waals surface area contributed by atoms with Crippen molar-refractivity contribution in [2.75, 3.05) is 5.32 Å². The summed E-state index contributed by atoms with van der Waals surface area (Å²) >= 11 is 0. The maximum absolute atomic E-state index is 11.2. The second-order valence-electron chi connectivity index (χ2n) is 4.87. The number of aromatic amines is 1. The van der Waals surface area contributed by atoms with E-state index in [0.29, 0.717) is 6.61 Å². The fourth-order valence-corrected chi connectivity index (χ4v) is 2.22. The molecular weight excluding hydrogens is 264 g/mol. The zero-order chi connectivity index (χ0) is 14.7. The molecular formula is C17H16N2O2. The third-order valence-electron chi connectivity index (χ3n) is 3.21. The first-order valence-electron chi connectivity index (χ1n) is 6.78. The van der Waals surface area contributed by atoms with Crippen molar-refractivity contribution in [1.29, 1.82) is 0 Å². The first-order valence-corrected chi connectivity index (χ1v) is 6.78. The molecule has 0 saturated carbocycles. The van der Waals surface area contributed by atoms with Gasteiger partial charge in [-0.3, -0.25) is 4.79 Å². The Kier molecular flexibility index (Phi) is 3.60. The standard InChI is InChI=1S/C17H16N2O2/c1-12(20)19-17-10-18-16-8-7-14(9-15(16)17)21-11-13-5-3-2-4-6-13/h2-10,18H,11H2,1H3,(H,19,20). The van der Waals surface area contributed by atoms with E-state index in [4.69, 9.17) is 4.74 Å². The molecule has 106 valence electrons. The van der Waals surface area contributed by atoms with Gasteiger partial charge in [-0.1, -0.05) is 30.3 Å². The van der Waals surface area contributed by atoms with E-state index in [2.05, 4.69) is 10.3 Å². The normalized spacial score (nSPS) is 10.5. The van der Waals surface area contributed by atoms with Crippen molar-refractivity contribution in [2.24, 2.45) is 0 Å². The van der Waals surface area contributed by atoms with E-state index < -0.39 is 0 Å². The van der Waals surface area contributed by atoms with Gasteiger partial charge in [-0.2, -0.15) is 0 Å². The highest BCUT2D eigenvalue weighted by Crippen LogP contribution is 2.27. The predicted octanol–water partition coefficient (Wildman–Crippen LogP) is 3.71. The van der Waals surface area contributed by atoms with Gasteiger partial charge in [-0.05, 0) is 23.8 Å². The van der Waals surface area contributed by atoms with Crippen LogP contribution in [-0.4, -0.2) is 10.9 Å². The second kappa shape index (κ2) is 5.71. The topological polar surface area (TPSA) is 54.1 Å². The van der Waals surface area contributed by atoms with Crippen LogP contribution >= 0.6 is 0 Å². The number of anilines is 1. The van der Waals surface area contributed by atoms with E-state index in [-0.39, 0.29) is 5.91 Å². The molecule has 4 heteroatoms. The van der Waals surface area contributed by atoms with Crippen LogP contribution in [0.1, 0.15) is 12.5 Å². The summed E-state index contributed by atoms with van der Waals surface area (Å²) in [5.41, 5.74) is 2.85. The molecule has 0 aliphatic rings. The Hall–Kier alpha value is -2.75. The summed E-state index contributed by atoms with van der Waals surface area (Å²) in [4.78, 5) is 14.3. The van der Waals surface area contributed by atoms with Gasteiger partial charge in [-0.15, -0.1) is 0 Å². The van der Waals surface area contributed by atoms with E-state index in [1.807, 2.05) is 48.5 Å². The van der Waals surface area contributed by atoms with Gasteiger partial charge < -0.3 is 15.0 Å². The van der Waals surface area contributed by atoms with Crippen molar-refractivity contribution in [3.05, 3.63) is 60.3 Å². The lowest BCUT2D eigenvalue weighted by molar-refractivity contribution is -0.114. The van der Waals surface area contributed by atoms with Crippen LogP contribution < -0.4 is 10.1 Å². The number of benzene rings is 2. The van der Waals surface area contributed by atoms with Crippen molar-refractivity contribution in [3.63, 3.8) is 0 Å². The third-order valence-corrected chi connectivity index (χ3v) is 3.21. The molecule has 3 rings (SSSR count). The van der Waals surface area contributed by atoms with E-state index in [0.717, 1.165) is 27.9 Å². The highest BCUT2D eigenvalue weighted by molar-refractivity contribution is 6.01. The lowest BCUT2D eigenvalue weighted by Crippen LogP contribution is -2.04. The molecule has 0 aliphatic heterocycles. The lowest BCUT2D eigenvalue weighted by Gasteiger charge is -2.07. The Bertz CT molecular complexity index is 763. The van der Waals surface area contributed by atoms with Crippen molar-refractivity contribution in [2.45, 2.75) is 13.5 Å². The minimum absolute atomic E-state index is 0.0912. The fraction of sp³-hybridized carbons (Fsp3) is 0.118. The van der Waals surface area contributed by atoms with Gasteiger partial charge in [-0.25, -0.2) is 0 Å². The number of carbonyl (C=O) groups excluding carboxylic acids is 1. The van der Waals surface area contributed by atoms with E-state index in [9.17, 15) is 4.79 Å². The number of nitrogens with one attached hydrogen (secondary N) is 2.